The maximum absolute atomic E-state index is 13.1. The van der Waals surface area contributed by atoms with E-state index in [1.807, 2.05) is 0 Å². The normalized spacial score (nSPS) is 24.9. The van der Waals surface area contributed by atoms with Gasteiger partial charge in [-0.1, -0.05) is 70.4 Å². The van der Waals surface area contributed by atoms with Crippen molar-refractivity contribution in [1.82, 2.24) is 4.90 Å². The van der Waals surface area contributed by atoms with Crippen LogP contribution in [-0.4, -0.2) is 69.1 Å². The van der Waals surface area contributed by atoms with Gasteiger partial charge < -0.3 is 23.8 Å². The Morgan fingerprint density at radius 2 is 1.20 bits per heavy atom. The monoisotopic (exact) mass is 702 g/mol. The van der Waals surface area contributed by atoms with E-state index in [0.29, 0.717) is 19.4 Å². The highest BCUT2D eigenvalue weighted by atomic mass is 16.7. The Morgan fingerprint density at radius 1 is 0.660 bits per heavy atom. The molecule has 5 fully saturated rings. The number of rotatable bonds is 27. The van der Waals surface area contributed by atoms with Crippen molar-refractivity contribution in [2.24, 2.45) is 29.1 Å². The molecule has 0 radical (unpaired) electrons. The van der Waals surface area contributed by atoms with Gasteiger partial charge in [0.15, 0.2) is 0 Å². The van der Waals surface area contributed by atoms with E-state index in [1.165, 1.54) is 89.9 Å². The minimum Gasteiger partial charge on any atom is -0.465 e. The molecule has 4 aliphatic carbocycles. The van der Waals surface area contributed by atoms with E-state index in [2.05, 4.69) is 24.0 Å². The summed E-state index contributed by atoms with van der Waals surface area (Å²) in [6.07, 6.45) is 31.2. The maximum Gasteiger partial charge on any atom is 0.508 e. The SMILES string of the molecule is CCCCCCCC/C=C/CCCCCCCC(=O)OCC(COC(=O)CC12CC3C[C@H](C1)C[C@@H](C3)C2)COC(=O)OCCCN1CCCC1. The van der Waals surface area contributed by atoms with Crippen molar-refractivity contribution in [2.45, 2.75) is 161 Å². The molecule has 5 rings (SSSR count). The molecule has 0 amide bonds. The molecule has 0 spiro atoms. The van der Waals surface area contributed by atoms with E-state index < -0.39 is 12.1 Å². The van der Waals surface area contributed by atoms with Crippen LogP contribution in [0.1, 0.15) is 161 Å². The van der Waals surface area contributed by atoms with Crippen molar-refractivity contribution in [3.8, 4) is 0 Å². The van der Waals surface area contributed by atoms with E-state index in [0.717, 1.165) is 88.8 Å². The van der Waals surface area contributed by atoms with Crippen molar-refractivity contribution in [3.05, 3.63) is 12.2 Å². The fraction of sp³-hybridized carbons (Fsp3) is 0.881. The van der Waals surface area contributed by atoms with Gasteiger partial charge in [-0.05, 0) is 126 Å². The van der Waals surface area contributed by atoms with Gasteiger partial charge in [0.25, 0.3) is 0 Å². The van der Waals surface area contributed by atoms with E-state index >= 15 is 0 Å². The third-order valence-electron chi connectivity index (χ3n) is 11.8. The van der Waals surface area contributed by atoms with Gasteiger partial charge in [-0.2, -0.15) is 0 Å². The predicted octanol–water partition coefficient (Wildman–Crippen LogP) is 9.97. The molecule has 4 saturated carbocycles. The van der Waals surface area contributed by atoms with E-state index in [9.17, 15) is 14.4 Å². The molecule has 0 aromatic heterocycles. The second-order valence-corrected chi connectivity index (χ2v) is 16.5. The van der Waals surface area contributed by atoms with Crippen LogP contribution in [0.4, 0.5) is 4.79 Å². The number of esters is 2. The summed E-state index contributed by atoms with van der Waals surface area (Å²) in [5.41, 5.74) is 0.104. The highest BCUT2D eigenvalue weighted by Crippen LogP contribution is 2.61. The number of carbonyl (C=O) groups excluding carboxylic acids is 3. The zero-order chi connectivity index (χ0) is 35.3. The molecule has 1 heterocycles. The molecule has 286 valence electrons. The van der Waals surface area contributed by atoms with Gasteiger partial charge in [0.05, 0.1) is 18.9 Å². The van der Waals surface area contributed by atoms with Crippen molar-refractivity contribution in [3.63, 3.8) is 0 Å². The Bertz CT molecular complexity index is 971. The van der Waals surface area contributed by atoms with Crippen LogP contribution in [0.25, 0.3) is 0 Å². The molecule has 0 aromatic rings. The molecule has 8 heteroatoms. The van der Waals surface area contributed by atoms with Crippen molar-refractivity contribution >= 4 is 18.1 Å². The lowest BCUT2D eigenvalue weighted by atomic mass is 9.49. The van der Waals surface area contributed by atoms with Gasteiger partial charge in [0.2, 0.25) is 0 Å². The predicted molar refractivity (Wildman–Crippen MR) is 198 cm³/mol. The summed E-state index contributed by atoms with van der Waals surface area (Å²) in [6.45, 7) is 5.82. The molecular formula is C42H71NO7. The molecular weight excluding hydrogens is 630 g/mol. The molecule has 1 atom stereocenters. The second-order valence-electron chi connectivity index (χ2n) is 16.5. The summed E-state index contributed by atoms with van der Waals surface area (Å²) in [6, 6.07) is 0. The smallest absolute Gasteiger partial charge is 0.465 e. The Kier molecular flexibility index (Phi) is 19.1. The molecule has 50 heavy (non-hydrogen) atoms. The Hall–Kier alpha value is -2.09. The van der Waals surface area contributed by atoms with Gasteiger partial charge in [-0.3, -0.25) is 9.59 Å². The van der Waals surface area contributed by atoms with Crippen LogP contribution in [0.5, 0.6) is 0 Å². The number of carbonyl (C=O) groups is 3. The van der Waals surface area contributed by atoms with Crippen LogP contribution in [0, 0.1) is 29.1 Å². The quantitative estimate of drug-likeness (QED) is 0.0362. The minimum atomic E-state index is -0.726. The van der Waals surface area contributed by atoms with Crippen LogP contribution in [-0.2, 0) is 28.5 Å². The molecule has 0 N–H and O–H groups in total. The number of hydrogen-bond acceptors (Lipinski definition) is 8. The largest absolute Gasteiger partial charge is 0.508 e. The van der Waals surface area contributed by atoms with E-state index in [1.54, 1.807) is 0 Å². The molecule has 0 aromatic carbocycles. The number of likely N-dealkylation sites (tertiary alicyclic amines) is 1. The lowest BCUT2D eigenvalue weighted by Crippen LogP contribution is -2.47. The summed E-state index contributed by atoms with van der Waals surface area (Å²) in [5.74, 6) is 1.47. The van der Waals surface area contributed by atoms with Crippen LogP contribution >= 0.6 is 0 Å². The number of unbranched alkanes of at least 4 members (excludes halogenated alkanes) is 11. The molecule has 1 aliphatic heterocycles. The zero-order valence-electron chi connectivity index (χ0n) is 31.7. The Balaban J connectivity index is 1.08. The lowest BCUT2D eigenvalue weighted by molar-refractivity contribution is -0.155. The molecule has 4 bridgehead atoms. The molecule has 8 nitrogen and oxygen atoms in total. The number of hydrogen-bond donors (Lipinski definition) is 0. The summed E-state index contributed by atoms with van der Waals surface area (Å²) in [5, 5.41) is 0. The third kappa shape index (κ3) is 16.1. The summed E-state index contributed by atoms with van der Waals surface area (Å²) in [4.78, 5) is 40.4. The standard InChI is InChI=1S/C42H71NO7/c1-2-3-4-5-6-7-8-9-10-11-12-13-14-15-16-20-39(44)48-32-38(34-50-41(46)47-24-19-23-43-21-17-18-22-43)33-49-40(45)31-42-28-35-25-36(29-42)27-37(26-35)30-42/h9-10,35-38H,2-8,11-34H2,1H3/b10-9+/t35-,36+,37?,38?,42?. The van der Waals surface area contributed by atoms with Gasteiger partial charge in [0.1, 0.15) is 19.8 Å². The topological polar surface area (TPSA) is 91.4 Å². The first-order chi connectivity index (χ1) is 24.4. The van der Waals surface area contributed by atoms with Crippen LogP contribution < -0.4 is 0 Å². The van der Waals surface area contributed by atoms with Gasteiger partial charge in [-0.25, -0.2) is 4.79 Å². The highest BCUT2D eigenvalue weighted by molar-refractivity contribution is 5.70. The highest BCUT2D eigenvalue weighted by Gasteiger charge is 2.51. The van der Waals surface area contributed by atoms with E-state index in [4.69, 9.17) is 18.9 Å². The maximum atomic E-state index is 13.1. The van der Waals surface area contributed by atoms with Gasteiger partial charge in [-0.15, -0.1) is 0 Å². The summed E-state index contributed by atoms with van der Waals surface area (Å²) >= 11 is 0. The fourth-order valence-electron chi connectivity index (χ4n) is 9.52. The first-order valence-electron chi connectivity index (χ1n) is 20.9. The third-order valence-corrected chi connectivity index (χ3v) is 11.8. The van der Waals surface area contributed by atoms with Crippen molar-refractivity contribution < 1.29 is 33.3 Å². The first-order valence-corrected chi connectivity index (χ1v) is 20.9. The Labute approximate surface area is 304 Å². The van der Waals surface area contributed by atoms with Gasteiger partial charge >= 0.3 is 18.1 Å². The van der Waals surface area contributed by atoms with Crippen LogP contribution in [0.3, 0.4) is 0 Å². The lowest BCUT2D eigenvalue weighted by Gasteiger charge is -2.56. The van der Waals surface area contributed by atoms with Crippen LogP contribution in [0.15, 0.2) is 12.2 Å². The average Bonchev–Trinajstić information content (AvgIpc) is 3.61. The zero-order valence-corrected chi connectivity index (χ0v) is 31.7. The fourth-order valence-corrected chi connectivity index (χ4v) is 9.52. The van der Waals surface area contributed by atoms with Crippen molar-refractivity contribution in [1.29, 1.82) is 0 Å². The second kappa shape index (κ2) is 23.5. The van der Waals surface area contributed by atoms with E-state index in [-0.39, 0.29) is 37.2 Å². The molecule has 1 saturated heterocycles. The average molecular weight is 702 g/mol. The number of nitrogens with zero attached hydrogens (tertiary/aromatic N) is 1. The van der Waals surface area contributed by atoms with Gasteiger partial charge in [0, 0.05) is 13.0 Å². The molecule has 5 aliphatic rings. The minimum absolute atomic E-state index is 0.0176. The van der Waals surface area contributed by atoms with Crippen molar-refractivity contribution in [2.75, 3.05) is 46.1 Å². The Morgan fingerprint density at radius 3 is 1.82 bits per heavy atom. The number of allylic oxidation sites excluding steroid dienone is 2. The summed E-state index contributed by atoms with van der Waals surface area (Å²) in [7, 11) is 0. The summed E-state index contributed by atoms with van der Waals surface area (Å²) < 4.78 is 22.1. The molecule has 1 unspecified atom stereocenters. The van der Waals surface area contributed by atoms with Crippen LogP contribution in [0.2, 0.25) is 0 Å². The first kappa shape index (κ1) is 40.7. The number of ether oxygens (including phenoxy) is 4.